The van der Waals surface area contributed by atoms with Gasteiger partial charge in [0.2, 0.25) is 0 Å². The van der Waals surface area contributed by atoms with E-state index in [1.807, 2.05) is 24.3 Å². The molecule has 0 atom stereocenters. The van der Waals surface area contributed by atoms with Crippen LogP contribution in [0.5, 0.6) is 5.75 Å². The number of ether oxygens (including phenoxy) is 1. The van der Waals surface area contributed by atoms with Gasteiger partial charge in [-0.2, -0.15) is 0 Å². The molecule has 0 saturated carbocycles. The fraction of sp³-hybridized carbons (Fsp3) is 0.222. The van der Waals surface area contributed by atoms with Crippen molar-refractivity contribution in [3.8, 4) is 5.75 Å². The molecule has 1 aliphatic heterocycles. The first-order valence-corrected chi connectivity index (χ1v) is 7.37. The van der Waals surface area contributed by atoms with Gasteiger partial charge in [0.15, 0.2) is 0 Å². The Hall–Kier alpha value is -2.62. The quantitative estimate of drug-likeness (QED) is 0.797. The van der Waals surface area contributed by atoms with Crippen molar-refractivity contribution >= 4 is 11.8 Å². The minimum atomic E-state index is -0.244. The first kappa shape index (κ1) is 14.3. The van der Waals surface area contributed by atoms with Gasteiger partial charge < -0.3 is 4.74 Å². The molecule has 0 fully saturated rings. The fourth-order valence-corrected chi connectivity index (χ4v) is 2.55. The van der Waals surface area contributed by atoms with E-state index < -0.39 is 0 Å². The molecule has 0 bridgehead atoms. The van der Waals surface area contributed by atoms with Crippen LogP contribution in [0.1, 0.15) is 33.2 Å². The average Bonchev–Trinajstić information content (AvgIpc) is 2.80. The van der Waals surface area contributed by atoms with Gasteiger partial charge in [-0.25, -0.2) is 0 Å². The predicted octanol–water partition coefficient (Wildman–Crippen LogP) is 2.92. The van der Waals surface area contributed by atoms with Crippen LogP contribution in [0.25, 0.3) is 0 Å². The normalized spacial score (nSPS) is 13.4. The maximum Gasteiger partial charge on any atom is 0.261 e. The molecule has 112 valence electrons. The van der Waals surface area contributed by atoms with Gasteiger partial charge in [0.1, 0.15) is 12.4 Å². The topological polar surface area (TPSA) is 46.6 Å². The number of nitrogens with zero attached hydrogens (tertiary/aromatic N) is 1. The summed E-state index contributed by atoms with van der Waals surface area (Å²) in [4.78, 5) is 25.6. The zero-order valence-electron chi connectivity index (χ0n) is 12.4. The average molecular weight is 295 g/mol. The molecule has 4 nitrogen and oxygen atoms in total. The van der Waals surface area contributed by atoms with Gasteiger partial charge in [-0.15, -0.1) is 0 Å². The lowest BCUT2D eigenvalue weighted by atomic mass is 10.1. The number of benzene rings is 2. The number of amides is 2. The predicted molar refractivity (Wildman–Crippen MR) is 83.1 cm³/mol. The molecule has 0 unspecified atom stereocenters. The van der Waals surface area contributed by atoms with Crippen molar-refractivity contribution in [3.63, 3.8) is 0 Å². The largest absolute Gasteiger partial charge is 0.492 e. The number of hydrogen-bond donors (Lipinski definition) is 0. The summed E-state index contributed by atoms with van der Waals surface area (Å²) in [5.74, 6) is 0.272. The summed E-state index contributed by atoms with van der Waals surface area (Å²) < 4.78 is 5.66. The molecule has 0 saturated heterocycles. The molecule has 1 aliphatic rings. The standard InChI is InChI=1S/C18H17NO3/c1-2-13-6-5-7-14(12-13)22-11-10-19-17(20)15-8-3-4-9-16(15)18(19)21/h3-9,12H,2,10-11H2,1H3. The Morgan fingerprint density at radius 2 is 1.64 bits per heavy atom. The van der Waals surface area contributed by atoms with Gasteiger partial charge in [-0.1, -0.05) is 31.2 Å². The van der Waals surface area contributed by atoms with Gasteiger partial charge in [0.25, 0.3) is 11.8 Å². The van der Waals surface area contributed by atoms with E-state index >= 15 is 0 Å². The smallest absolute Gasteiger partial charge is 0.261 e. The summed E-state index contributed by atoms with van der Waals surface area (Å²) in [7, 11) is 0. The first-order valence-electron chi connectivity index (χ1n) is 7.37. The maximum atomic E-state index is 12.2. The number of aryl methyl sites for hydroxylation is 1. The molecular weight excluding hydrogens is 278 g/mol. The molecule has 0 N–H and O–H groups in total. The highest BCUT2D eigenvalue weighted by atomic mass is 16.5. The molecule has 2 aromatic carbocycles. The van der Waals surface area contributed by atoms with E-state index in [0.29, 0.717) is 17.7 Å². The van der Waals surface area contributed by atoms with Crippen LogP contribution in [-0.2, 0) is 6.42 Å². The lowest BCUT2D eigenvalue weighted by Crippen LogP contribution is -2.33. The van der Waals surface area contributed by atoms with Gasteiger partial charge in [0, 0.05) is 0 Å². The van der Waals surface area contributed by atoms with Gasteiger partial charge in [0.05, 0.1) is 17.7 Å². The lowest BCUT2D eigenvalue weighted by Gasteiger charge is -2.14. The summed E-state index contributed by atoms with van der Waals surface area (Å²) in [5, 5.41) is 0. The monoisotopic (exact) mass is 295 g/mol. The molecule has 4 heteroatoms. The summed E-state index contributed by atoms with van der Waals surface area (Å²) in [6, 6.07) is 14.7. The lowest BCUT2D eigenvalue weighted by molar-refractivity contribution is 0.0631. The van der Waals surface area contributed by atoms with Crippen molar-refractivity contribution in [2.45, 2.75) is 13.3 Å². The third-order valence-electron chi connectivity index (χ3n) is 3.77. The fourth-order valence-electron chi connectivity index (χ4n) is 2.55. The van der Waals surface area contributed by atoms with Crippen molar-refractivity contribution < 1.29 is 14.3 Å². The van der Waals surface area contributed by atoms with Crippen LogP contribution < -0.4 is 4.74 Å². The maximum absolute atomic E-state index is 12.2. The van der Waals surface area contributed by atoms with Crippen LogP contribution in [0.4, 0.5) is 0 Å². The summed E-state index contributed by atoms with van der Waals surface area (Å²) in [6.45, 7) is 2.62. The second-order valence-electron chi connectivity index (χ2n) is 5.16. The van der Waals surface area contributed by atoms with Crippen LogP contribution in [0, 0.1) is 0 Å². The van der Waals surface area contributed by atoms with Gasteiger partial charge >= 0.3 is 0 Å². The first-order chi connectivity index (χ1) is 10.7. The van der Waals surface area contributed by atoms with E-state index in [9.17, 15) is 9.59 Å². The van der Waals surface area contributed by atoms with Crippen LogP contribution in [0.3, 0.4) is 0 Å². The third-order valence-corrected chi connectivity index (χ3v) is 3.77. The Kier molecular flexibility index (Phi) is 3.92. The highest BCUT2D eigenvalue weighted by Crippen LogP contribution is 2.22. The van der Waals surface area contributed by atoms with Crippen molar-refractivity contribution in [1.82, 2.24) is 4.90 Å². The summed E-state index contributed by atoms with van der Waals surface area (Å²) in [6.07, 6.45) is 0.940. The molecule has 2 amide bonds. The Balaban J connectivity index is 1.63. The minimum absolute atomic E-state index is 0.244. The molecule has 0 spiro atoms. The van der Waals surface area contributed by atoms with Crippen molar-refractivity contribution in [2.75, 3.05) is 13.2 Å². The Bertz CT molecular complexity index is 689. The molecule has 22 heavy (non-hydrogen) atoms. The van der Waals surface area contributed by atoms with E-state index in [1.165, 1.54) is 10.5 Å². The summed E-state index contributed by atoms with van der Waals surface area (Å²) >= 11 is 0. The van der Waals surface area contributed by atoms with Crippen molar-refractivity contribution in [2.24, 2.45) is 0 Å². The second kappa shape index (κ2) is 6.02. The number of fused-ring (bicyclic) bond motifs is 1. The highest BCUT2D eigenvalue weighted by molar-refractivity contribution is 6.21. The SMILES string of the molecule is CCc1cccc(OCCN2C(=O)c3ccccc3C2=O)c1. The minimum Gasteiger partial charge on any atom is -0.492 e. The third kappa shape index (κ3) is 2.60. The van der Waals surface area contributed by atoms with E-state index in [0.717, 1.165) is 12.2 Å². The van der Waals surface area contributed by atoms with Gasteiger partial charge in [-0.3, -0.25) is 14.5 Å². The van der Waals surface area contributed by atoms with E-state index in [2.05, 4.69) is 6.92 Å². The summed E-state index contributed by atoms with van der Waals surface area (Å²) in [5.41, 5.74) is 2.14. The van der Waals surface area contributed by atoms with E-state index in [-0.39, 0.29) is 18.4 Å². The number of carbonyl (C=O) groups excluding carboxylic acids is 2. The Morgan fingerprint density at radius 1 is 0.955 bits per heavy atom. The molecule has 0 radical (unpaired) electrons. The van der Waals surface area contributed by atoms with Crippen LogP contribution in [0.15, 0.2) is 48.5 Å². The zero-order valence-corrected chi connectivity index (χ0v) is 12.4. The van der Waals surface area contributed by atoms with Gasteiger partial charge in [-0.05, 0) is 36.2 Å². The number of rotatable bonds is 5. The molecule has 3 rings (SSSR count). The Morgan fingerprint density at radius 3 is 2.27 bits per heavy atom. The Labute approximate surface area is 129 Å². The van der Waals surface area contributed by atoms with Crippen molar-refractivity contribution in [1.29, 1.82) is 0 Å². The molecule has 2 aromatic rings. The van der Waals surface area contributed by atoms with Crippen LogP contribution >= 0.6 is 0 Å². The zero-order chi connectivity index (χ0) is 15.5. The van der Waals surface area contributed by atoms with Crippen LogP contribution in [0.2, 0.25) is 0 Å². The van der Waals surface area contributed by atoms with E-state index in [4.69, 9.17) is 4.74 Å². The van der Waals surface area contributed by atoms with Crippen molar-refractivity contribution in [3.05, 3.63) is 65.2 Å². The van der Waals surface area contributed by atoms with Crippen LogP contribution in [-0.4, -0.2) is 29.9 Å². The molecule has 0 aliphatic carbocycles. The molecule has 0 aromatic heterocycles. The number of carbonyl (C=O) groups is 2. The molecular formula is C18H17NO3. The number of imide groups is 1. The van der Waals surface area contributed by atoms with E-state index in [1.54, 1.807) is 24.3 Å². The molecule has 1 heterocycles. The number of hydrogen-bond acceptors (Lipinski definition) is 3. The highest BCUT2D eigenvalue weighted by Gasteiger charge is 2.34. The second-order valence-corrected chi connectivity index (χ2v) is 5.16.